The van der Waals surface area contributed by atoms with Crippen LogP contribution in [0.2, 0.25) is 0 Å². The van der Waals surface area contributed by atoms with E-state index in [9.17, 15) is 19.1 Å². The zero-order valence-corrected chi connectivity index (χ0v) is 24.9. The van der Waals surface area contributed by atoms with Gasteiger partial charge in [0.1, 0.15) is 0 Å². The van der Waals surface area contributed by atoms with E-state index in [0.717, 1.165) is 21.3 Å². The lowest BCUT2D eigenvalue weighted by Crippen LogP contribution is -2.32. The van der Waals surface area contributed by atoms with Gasteiger partial charge in [-0.1, -0.05) is 35.6 Å². The van der Waals surface area contributed by atoms with Crippen LogP contribution in [0.4, 0.5) is 20.3 Å². The van der Waals surface area contributed by atoms with Gasteiger partial charge >= 0.3 is 5.97 Å². The Kier molecular flexibility index (Phi) is 8.21. The number of aromatic nitrogens is 2. The summed E-state index contributed by atoms with van der Waals surface area (Å²) < 4.78 is 20.8. The monoisotopic (exact) mass is 617 g/mol. The number of nitrogens with zero attached hydrogens (tertiary/aromatic N) is 3. The first-order valence-corrected chi connectivity index (χ1v) is 15.4. The largest absolute Gasteiger partial charge is 0.491 e. The van der Waals surface area contributed by atoms with Crippen molar-refractivity contribution in [1.82, 2.24) is 9.97 Å². The standard InChI is InChI=1S/C31H28FN5O4S2/c1-33-19-11-12-24(22(32)16-19)41-15-5-10-26-27(29(39)40)35-31(43-26)37-14-13-18-6-4-7-20(21(18)17-37)28(38)36-30-34-23-8-2-3-9-25(23)42-30/h2-4,6-9,11-12,16,33H,5,10,13-15,17H2,1H3,(H,39,40)(H,34,36,38). The number of carbonyl (C=O) groups excluding carboxylic acids is 1. The third-order valence-electron chi connectivity index (χ3n) is 7.22. The summed E-state index contributed by atoms with van der Waals surface area (Å²) in [4.78, 5) is 37.0. The van der Waals surface area contributed by atoms with Gasteiger partial charge in [0, 0.05) is 42.3 Å². The molecule has 5 aromatic rings. The molecule has 0 aliphatic carbocycles. The summed E-state index contributed by atoms with van der Waals surface area (Å²) in [6, 6.07) is 18.1. The number of aryl methyl sites for hydroxylation is 1. The van der Waals surface area contributed by atoms with Gasteiger partial charge in [-0.25, -0.2) is 19.2 Å². The van der Waals surface area contributed by atoms with Crippen LogP contribution < -0.4 is 20.3 Å². The van der Waals surface area contributed by atoms with Crippen LogP contribution in [-0.2, 0) is 19.4 Å². The number of hydrogen-bond donors (Lipinski definition) is 3. The Morgan fingerprint density at radius 1 is 1.09 bits per heavy atom. The molecule has 3 heterocycles. The number of nitrogens with one attached hydrogen (secondary N) is 2. The highest BCUT2D eigenvalue weighted by Crippen LogP contribution is 2.33. The molecule has 1 amide bonds. The molecule has 0 bridgehead atoms. The van der Waals surface area contributed by atoms with E-state index in [4.69, 9.17) is 4.74 Å². The highest BCUT2D eigenvalue weighted by molar-refractivity contribution is 7.22. The fraction of sp³-hybridized carbons (Fsp3) is 0.226. The Balaban J connectivity index is 1.15. The number of anilines is 3. The molecule has 6 rings (SSSR count). The van der Waals surface area contributed by atoms with Gasteiger partial charge in [-0.05, 0) is 60.7 Å². The van der Waals surface area contributed by atoms with Crippen molar-refractivity contribution in [2.45, 2.75) is 25.8 Å². The average Bonchev–Trinajstić information content (AvgIpc) is 3.63. The number of halogens is 1. The molecule has 220 valence electrons. The first-order valence-electron chi connectivity index (χ1n) is 13.8. The summed E-state index contributed by atoms with van der Waals surface area (Å²) in [5.74, 6) is -1.64. The fourth-order valence-corrected chi connectivity index (χ4v) is 7.03. The van der Waals surface area contributed by atoms with E-state index in [-0.39, 0.29) is 24.0 Å². The van der Waals surface area contributed by atoms with Gasteiger partial charge in [0.05, 0.1) is 16.8 Å². The molecule has 43 heavy (non-hydrogen) atoms. The van der Waals surface area contributed by atoms with Crippen molar-refractivity contribution >= 4 is 60.7 Å². The zero-order valence-electron chi connectivity index (χ0n) is 23.2. The molecule has 0 atom stereocenters. The predicted molar refractivity (Wildman–Crippen MR) is 168 cm³/mol. The van der Waals surface area contributed by atoms with E-state index in [2.05, 4.69) is 20.6 Å². The van der Waals surface area contributed by atoms with Crippen LogP contribution in [0.25, 0.3) is 10.2 Å². The zero-order chi connectivity index (χ0) is 29.9. The lowest BCUT2D eigenvalue weighted by atomic mass is 9.94. The number of ether oxygens (including phenoxy) is 1. The molecule has 9 nitrogen and oxygen atoms in total. The average molecular weight is 618 g/mol. The van der Waals surface area contributed by atoms with Crippen molar-refractivity contribution in [3.05, 3.63) is 93.7 Å². The summed E-state index contributed by atoms with van der Waals surface area (Å²) in [7, 11) is 1.71. The number of aromatic carboxylic acids is 1. The lowest BCUT2D eigenvalue weighted by molar-refractivity contribution is 0.0690. The Bertz CT molecular complexity index is 1790. The molecule has 0 saturated carbocycles. The van der Waals surface area contributed by atoms with Crippen molar-refractivity contribution < 1.29 is 23.8 Å². The summed E-state index contributed by atoms with van der Waals surface area (Å²) >= 11 is 2.75. The third kappa shape index (κ3) is 6.15. The highest BCUT2D eigenvalue weighted by atomic mass is 32.1. The topological polar surface area (TPSA) is 117 Å². The van der Waals surface area contributed by atoms with Gasteiger partial charge in [-0.2, -0.15) is 0 Å². The van der Waals surface area contributed by atoms with Crippen LogP contribution in [0.15, 0.2) is 60.7 Å². The van der Waals surface area contributed by atoms with Gasteiger partial charge in [0.25, 0.3) is 5.91 Å². The maximum absolute atomic E-state index is 14.2. The van der Waals surface area contributed by atoms with E-state index in [1.54, 1.807) is 25.2 Å². The van der Waals surface area contributed by atoms with E-state index in [1.807, 2.05) is 41.3 Å². The molecule has 1 aliphatic heterocycles. The van der Waals surface area contributed by atoms with E-state index in [0.29, 0.717) is 58.7 Å². The third-order valence-corrected chi connectivity index (χ3v) is 9.35. The number of hydrogen-bond acceptors (Lipinski definition) is 9. The SMILES string of the molecule is CNc1ccc(OCCCc2sc(N3CCc4cccc(C(=O)Nc5nc6ccccc6s5)c4C3)nc2C(=O)O)c(F)c1. The number of thiazole rings is 2. The number of benzene rings is 3. The smallest absolute Gasteiger partial charge is 0.355 e. The van der Waals surface area contributed by atoms with Crippen molar-refractivity contribution in [2.75, 3.05) is 35.7 Å². The van der Waals surface area contributed by atoms with Gasteiger partial charge in [0.2, 0.25) is 0 Å². The molecule has 0 unspecified atom stereocenters. The fourth-order valence-electron chi connectivity index (χ4n) is 5.05. The normalized spacial score (nSPS) is 12.7. The molecular formula is C31H28FN5O4S2. The Labute approximate surface area is 255 Å². The van der Waals surface area contributed by atoms with Gasteiger partial charge < -0.3 is 20.1 Å². The molecule has 0 saturated heterocycles. The van der Waals surface area contributed by atoms with Gasteiger partial charge in [0.15, 0.2) is 27.5 Å². The Hall–Kier alpha value is -4.55. The second-order valence-corrected chi connectivity index (χ2v) is 12.1. The van der Waals surface area contributed by atoms with Crippen molar-refractivity contribution in [3.8, 4) is 5.75 Å². The van der Waals surface area contributed by atoms with Crippen LogP contribution in [0.1, 0.15) is 43.3 Å². The number of carboxylic acid groups (broad SMARTS) is 1. The maximum atomic E-state index is 14.2. The van der Waals surface area contributed by atoms with Crippen LogP contribution in [0.3, 0.4) is 0 Å². The number of fused-ring (bicyclic) bond motifs is 2. The molecule has 3 aromatic carbocycles. The molecular weight excluding hydrogens is 590 g/mol. The molecule has 0 spiro atoms. The van der Waals surface area contributed by atoms with E-state index in [1.165, 1.54) is 28.7 Å². The summed E-state index contributed by atoms with van der Waals surface area (Å²) in [6.45, 7) is 1.30. The van der Waals surface area contributed by atoms with Crippen LogP contribution in [0.5, 0.6) is 5.75 Å². The molecule has 0 fully saturated rings. The molecule has 2 aromatic heterocycles. The summed E-state index contributed by atoms with van der Waals surface area (Å²) in [6.07, 6.45) is 1.62. The van der Waals surface area contributed by atoms with Gasteiger partial charge in [-0.3, -0.25) is 10.1 Å². The summed E-state index contributed by atoms with van der Waals surface area (Å²) in [5, 5.41) is 16.8. The van der Waals surface area contributed by atoms with Crippen LogP contribution >= 0.6 is 22.7 Å². The predicted octanol–water partition coefficient (Wildman–Crippen LogP) is 6.46. The first kappa shape index (κ1) is 28.6. The van der Waals surface area contributed by atoms with Gasteiger partial charge in [-0.15, -0.1) is 11.3 Å². The molecule has 12 heteroatoms. The lowest BCUT2D eigenvalue weighted by Gasteiger charge is -2.29. The number of carboxylic acids is 1. The van der Waals surface area contributed by atoms with Crippen molar-refractivity contribution in [3.63, 3.8) is 0 Å². The molecule has 1 aliphatic rings. The second kappa shape index (κ2) is 12.4. The minimum absolute atomic E-state index is 0.0113. The minimum atomic E-state index is -1.10. The highest BCUT2D eigenvalue weighted by Gasteiger charge is 2.26. The van der Waals surface area contributed by atoms with Crippen molar-refractivity contribution in [2.24, 2.45) is 0 Å². The molecule has 3 N–H and O–H groups in total. The van der Waals surface area contributed by atoms with Crippen LogP contribution in [-0.4, -0.2) is 47.2 Å². The molecule has 0 radical (unpaired) electrons. The quantitative estimate of drug-likeness (QED) is 0.153. The van der Waals surface area contributed by atoms with E-state index < -0.39 is 11.8 Å². The maximum Gasteiger partial charge on any atom is 0.355 e. The number of rotatable bonds is 10. The van der Waals surface area contributed by atoms with Crippen LogP contribution in [0, 0.1) is 5.82 Å². The second-order valence-electron chi connectivity index (χ2n) is 9.98. The van der Waals surface area contributed by atoms with E-state index >= 15 is 0 Å². The summed E-state index contributed by atoms with van der Waals surface area (Å²) in [5.41, 5.74) is 4.02. The number of para-hydroxylation sites is 1. The number of carbonyl (C=O) groups is 2. The first-order chi connectivity index (χ1) is 20.9. The Morgan fingerprint density at radius 3 is 2.74 bits per heavy atom. The van der Waals surface area contributed by atoms with Crippen molar-refractivity contribution in [1.29, 1.82) is 0 Å². The minimum Gasteiger partial charge on any atom is -0.491 e. The number of amides is 1. The Morgan fingerprint density at radius 2 is 1.95 bits per heavy atom.